The van der Waals surface area contributed by atoms with Crippen molar-refractivity contribution in [3.63, 3.8) is 0 Å². The van der Waals surface area contributed by atoms with Crippen molar-refractivity contribution < 1.29 is 18.3 Å². The predicted molar refractivity (Wildman–Crippen MR) is 57.3 cm³/mol. The number of hydrogen-bond donors (Lipinski definition) is 0. The van der Waals surface area contributed by atoms with E-state index in [0.29, 0.717) is 0 Å². The maximum absolute atomic E-state index is 12.7. The smallest absolute Gasteiger partial charge is 0.265 e. The highest BCUT2D eigenvalue weighted by Gasteiger charge is 2.19. The normalized spacial score (nSPS) is 10.1. The topological polar surface area (TPSA) is 50.1 Å². The van der Waals surface area contributed by atoms with Crippen molar-refractivity contribution in [3.8, 4) is 11.8 Å². The van der Waals surface area contributed by atoms with Crippen LogP contribution >= 0.6 is 0 Å². The number of benzene rings is 1. The van der Waals surface area contributed by atoms with Crippen LogP contribution in [0.5, 0.6) is 5.75 Å². The van der Waals surface area contributed by atoms with Gasteiger partial charge >= 0.3 is 0 Å². The molecule has 0 aliphatic heterocycles. The second-order valence-electron chi connectivity index (χ2n) is 3.34. The van der Waals surface area contributed by atoms with Crippen molar-refractivity contribution in [3.05, 3.63) is 28.8 Å². The molecule has 1 rings (SSSR count). The minimum absolute atomic E-state index is 0.0919. The van der Waals surface area contributed by atoms with E-state index in [9.17, 15) is 13.6 Å². The number of hydrogen-bond acceptors (Lipinski definition) is 3. The Morgan fingerprint density at radius 2 is 2.18 bits per heavy atom. The summed E-state index contributed by atoms with van der Waals surface area (Å²) in [6.45, 7) is 3.24. The third-order valence-electron chi connectivity index (χ3n) is 2.19. The molecule has 0 aromatic heterocycles. The van der Waals surface area contributed by atoms with Crippen LogP contribution in [0.4, 0.5) is 8.78 Å². The molecule has 0 aliphatic rings. The monoisotopic (exact) mass is 239 g/mol. The van der Waals surface area contributed by atoms with Crippen molar-refractivity contribution in [2.75, 3.05) is 6.61 Å². The number of halogens is 2. The van der Waals surface area contributed by atoms with E-state index < -0.39 is 12.0 Å². The van der Waals surface area contributed by atoms with Crippen molar-refractivity contribution >= 4 is 5.78 Å². The lowest BCUT2D eigenvalue weighted by atomic mass is 10.0. The first-order chi connectivity index (χ1) is 8.01. The number of ketones is 1. The average molecular weight is 239 g/mol. The fourth-order valence-corrected chi connectivity index (χ4v) is 1.42. The average Bonchev–Trinajstić information content (AvgIpc) is 2.28. The summed E-state index contributed by atoms with van der Waals surface area (Å²) >= 11 is 0. The summed E-state index contributed by atoms with van der Waals surface area (Å²) in [6.07, 6.45) is -2.77. The largest absolute Gasteiger partial charge is 0.493 e. The van der Waals surface area contributed by atoms with Gasteiger partial charge < -0.3 is 4.74 Å². The first-order valence-corrected chi connectivity index (χ1v) is 5.01. The summed E-state index contributed by atoms with van der Waals surface area (Å²) in [5.74, 6) is -0.236. The lowest BCUT2D eigenvalue weighted by Crippen LogP contribution is -2.04. The molecule has 0 unspecified atom stereocenters. The molecule has 0 amide bonds. The summed E-state index contributed by atoms with van der Waals surface area (Å²) in [5, 5.41) is 8.76. The molecule has 0 saturated carbocycles. The molecular formula is C12H11F2NO2. The van der Waals surface area contributed by atoms with E-state index in [1.807, 2.05) is 0 Å². The van der Waals surface area contributed by atoms with Crippen molar-refractivity contribution in [2.24, 2.45) is 0 Å². The van der Waals surface area contributed by atoms with Crippen LogP contribution in [0, 0.1) is 11.3 Å². The molecule has 0 radical (unpaired) electrons. The van der Waals surface area contributed by atoms with Gasteiger partial charge in [-0.2, -0.15) is 5.26 Å². The molecule has 17 heavy (non-hydrogen) atoms. The molecule has 0 N–H and O–H groups in total. The predicted octanol–water partition coefficient (Wildman–Crippen LogP) is 3.10. The van der Waals surface area contributed by atoms with Gasteiger partial charge in [-0.3, -0.25) is 4.79 Å². The quantitative estimate of drug-likeness (QED) is 0.758. The van der Waals surface area contributed by atoms with Gasteiger partial charge in [0, 0.05) is 5.56 Å². The fraction of sp³-hybridized carbons (Fsp3) is 0.333. The second kappa shape index (κ2) is 5.39. The standard InChI is InChI=1S/C12H11F2NO2/c1-3-17-11-5-10(12(13)14)8(6-15)4-9(11)7(2)16/h4-5,12H,3H2,1-2H3. The first kappa shape index (κ1) is 13.1. The van der Waals surface area contributed by atoms with E-state index in [1.54, 1.807) is 13.0 Å². The first-order valence-electron chi connectivity index (χ1n) is 5.01. The highest BCUT2D eigenvalue weighted by molar-refractivity contribution is 5.97. The highest BCUT2D eigenvalue weighted by atomic mass is 19.3. The van der Waals surface area contributed by atoms with Gasteiger partial charge in [0.05, 0.1) is 23.8 Å². The van der Waals surface area contributed by atoms with Crippen molar-refractivity contribution in [2.45, 2.75) is 20.3 Å². The Kier molecular flexibility index (Phi) is 4.16. The van der Waals surface area contributed by atoms with E-state index in [-0.39, 0.29) is 29.3 Å². The third-order valence-corrected chi connectivity index (χ3v) is 2.19. The van der Waals surface area contributed by atoms with Crippen molar-refractivity contribution in [1.29, 1.82) is 5.26 Å². The van der Waals surface area contributed by atoms with Crippen LogP contribution in [0.15, 0.2) is 12.1 Å². The van der Waals surface area contributed by atoms with Gasteiger partial charge in [0.1, 0.15) is 5.75 Å². The molecule has 0 heterocycles. The van der Waals surface area contributed by atoms with Crippen LogP contribution in [-0.2, 0) is 0 Å². The van der Waals surface area contributed by atoms with E-state index in [4.69, 9.17) is 10.00 Å². The molecule has 1 aromatic carbocycles. The Morgan fingerprint density at radius 3 is 2.59 bits per heavy atom. The Morgan fingerprint density at radius 1 is 1.53 bits per heavy atom. The molecule has 0 atom stereocenters. The van der Waals surface area contributed by atoms with Gasteiger partial charge in [-0.25, -0.2) is 8.78 Å². The maximum atomic E-state index is 12.7. The summed E-state index contributed by atoms with van der Waals surface area (Å²) in [6, 6.07) is 3.86. The van der Waals surface area contributed by atoms with Gasteiger partial charge in [0.2, 0.25) is 0 Å². The maximum Gasteiger partial charge on any atom is 0.265 e. The lowest BCUT2D eigenvalue weighted by molar-refractivity contribution is 0.101. The van der Waals surface area contributed by atoms with E-state index in [1.165, 1.54) is 6.92 Å². The Hall–Kier alpha value is -1.96. The Labute approximate surface area is 97.6 Å². The number of Topliss-reactive ketones (excluding diaryl/α,β-unsaturated/α-hetero) is 1. The van der Waals surface area contributed by atoms with Gasteiger partial charge in [0.15, 0.2) is 5.78 Å². The SMILES string of the molecule is CCOc1cc(C(F)F)c(C#N)cc1C(C)=O. The molecule has 0 aliphatic carbocycles. The molecule has 0 spiro atoms. The molecule has 0 bridgehead atoms. The minimum Gasteiger partial charge on any atom is -0.493 e. The number of ether oxygens (including phenoxy) is 1. The van der Waals surface area contributed by atoms with Gasteiger partial charge in [-0.15, -0.1) is 0 Å². The van der Waals surface area contributed by atoms with E-state index in [0.717, 1.165) is 12.1 Å². The molecule has 1 aromatic rings. The molecule has 0 saturated heterocycles. The summed E-state index contributed by atoms with van der Waals surface area (Å²) in [4.78, 5) is 11.3. The minimum atomic E-state index is -2.77. The number of rotatable bonds is 4. The number of carbonyl (C=O) groups excluding carboxylic acids is 1. The number of carbonyl (C=O) groups is 1. The zero-order valence-electron chi connectivity index (χ0n) is 9.46. The van der Waals surface area contributed by atoms with Crippen molar-refractivity contribution in [1.82, 2.24) is 0 Å². The molecular weight excluding hydrogens is 228 g/mol. The zero-order chi connectivity index (χ0) is 13.0. The highest BCUT2D eigenvalue weighted by Crippen LogP contribution is 2.30. The number of nitriles is 1. The Balaban J connectivity index is 3.43. The molecule has 90 valence electrons. The second-order valence-corrected chi connectivity index (χ2v) is 3.34. The number of alkyl halides is 2. The number of nitrogens with zero attached hydrogens (tertiary/aromatic N) is 1. The summed E-state index contributed by atoms with van der Waals surface area (Å²) in [7, 11) is 0. The van der Waals surface area contributed by atoms with E-state index in [2.05, 4.69) is 0 Å². The Bertz CT molecular complexity index is 478. The third kappa shape index (κ3) is 2.78. The van der Waals surface area contributed by atoms with Crippen LogP contribution < -0.4 is 4.74 Å². The van der Waals surface area contributed by atoms with Crippen LogP contribution in [0.2, 0.25) is 0 Å². The van der Waals surface area contributed by atoms with Crippen LogP contribution in [0.25, 0.3) is 0 Å². The zero-order valence-corrected chi connectivity index (χ0v) is 9.46. The van der Waals surface area contributed by atoms with Gasteiger partial charge in [0.25, 0.3) is 6.43 Å². The lowest BCUT2D eigenvalue weighted by Gasteiger charge is -2.11. The molecule has 3 nitrogen and oxygen atoms in total. The van der Waals surface area contributed by atoms with Crippen LogP contribution in [0.1, 0.15) is 41.8 Å². The van der Waals surface area contributed by atoms with Gasteiger partial charge in [-0.1, -0.05) is 0 Å². The van der Waals surface area contributed by atoms with Gasteiger partial charge in [-0.05, 0) is 26.0 Å². The molecule has 5 heteroatoms. The fourth-order valence-electron chi connectivity index (χ4n) is 1.42. The van der Waals surface area contributed by atoms with E-state index >= 15 is 0 Å². The summed E-state index contributed by atoms with van der Waals surface area (Å²) < 4.78 is 30.5. The van der Waals surface area contributed by atoms with Crippen LogP contribution in [-0.4, -0.2) is 12.4 Å². The summed E-state index contributed by atoms with van der Waals surface area (Å²) in [5.41, 5.74) is -0.470. The van der Waals surface area contributed by atoms with Crippen LogP contribution in [0.3, 0.4) is 0 Å². The molecule has 0 fully saturated rings.